The summed E-state index contributed by atoms with van der Waals surface area (Å²) in [5.41, 5.74) is 7.16. The molecule has 2 aromatic rings. The average Bonchev–Trinajstić information content (AvgIpc) is 3.31. The van der Waals surface area contributed by atoms with Crippen molar-refractivity contribution in [2.75, 3.05) is 12.3 Å². The summed E-state index contributed by atoms with van der Waals surface area (Å²) < 4.78 is 30.0. The van der Waals surface area contributed by atoms with Gasteiger partial charge in [0.1, 0.15) is 23.8 Å². The van der Waals surface area contributed by atoms with Crippen molar-refractivity contribution in [1.82, 2.24) is 19.5 Å². The van der Waals surface area contributed by atoms with Gasteiger partial charge in [-0.3, -0.25) is 4.57 Å². The third-order valence-corrected chi connectivity index (χ3v) is 23.5. The van der Waals surface area contributed by atoms with E-state index in [1.54, 1.807) is 6.33 Å². The maximum absolute atomic E-state index is 7.22. The number of fused-ring (bicyclic) bond motifs is 1. The predicted octanol–water partition coefficient (Wildman–Crippen LogP) is 7.76. The Morgan fingerprint density at radius 2 is 1.32 bits per heavy atom. The SMILES string of the molecule is CC(C)(C)[Si](C)(C)OC[C@H]1O[C@@H](n2cnc3c(N)nc(Cl)nc32)[C@H](O[Si](C)(C)C(C)(C)C)[C@@H]1O[Si](C)(C)C(C)(C)C. The summed E-state index contributed by atoms with van der Waals surface area (Å²) in [6, 6.07) is 0. The van der Waals surface area contributed by atoms with Crippen LogP contribution in [0.3, 0.4) is 0 Å². The molecular weight excluding hydrogens is 590 g/mol. The lowest BCUT2D eigenvalue weighted by Crippen LogP contribution is -2.54. The molecule has 3 rings (SSSR count). The standard InChI is InChI=1S/C28H54ClN5O4Si3/c1-26(2,3)39(10,11)35-16-18-20(37-40(12,13)27(4,5)6)21(38-41(14,15)28(7,8)9)24(36-18)34-17-31-19-22(30)32-25(29)33-23(19)34/h17-18,20-21,24H,16H2,1-15H3,(H2,30,32,33)/t18-,20-,21-,24-/m1/s1. The molecule has 3 heterocycles. The highest BCUT2D eigenvalue weighted by atomic mass is 35.5. The van der Waals surface area contributed by atoms with E-state index in [9.17, 15) is 0 Å². The summed E-state index contributed by atoms with van der Waals surface area (Å²) >= 11 is 6.26. The smallest absolute Gasteiger partial charge is 0.226 e. The first-order valence-electron chi connectivity index (χ1n) is 14.6. The lowest BCUT2D eigenvalue weighted by atomic mass is 10.1. The molecule has 1 aliphatic heterocycles. The van der Waals surface area contributed by atoms with Crippen LogP contribution < -0.4 is 5.73 Å². The fourth-order valence-electron chi connectivity index (χ4n) is 3.97. The Kier molecular flexibility index (Phi) is 9.49. The van der Waals surface area contributed by atoms with Crippen molar-refractivity contribution in [2.24, 2.45) is 0 Å². The maximum Gasteiger partial charge on any atom is 0.226 e. The maximum atomic E-state index is 7.22. The minimum absolute atomic E-state index is 0.00560. The van der Waals surface area contributed by atoms with E-state index >= 15 is 0 Å². The third kappa shape index (κ3) is 7.11. The highest BCUT2D eigenvalue weighted by molar-refractivity contribution is 6.75. The van der Waals surface area contributed by atoms with Crippen LogP contribution in [-0.4, -0.2) is 69.4 Å². The molecule has 0 aromatic carbocycles. The molecule has 9 nitrogen and oxygen atoms in total. The van der Waals surface area contributed by atoms with Gasteiger partial charge in [-0.05, 0) is 66.0 Å². The Labute approximate surface area is 255 Å². The van der Waals surface area contributed by atoms with Gasteiger partial charge < -0.3 is 23.7 Å². The molecule has 0 spiro atoms. The summed E-state index contributed by atoms with van der Waals surface area (Å²) in [7, 11) is -6.62. The topological polar surface area (TPSA) is 107 Å². The zero-order chi connectivity index (χ0) is 31.6. The van der Waals surface area contributed by atoms with Crippen LogP contribution in [0, 0.1) is 0 Å². The number of nitrogens with zero attached hydrogens (tertiary/aromatic N) is 4. The van der Waals surface area contributed by atoms with Crippen molar-refractivity contribution in [3.63, 3.8) is 0 Å². The fraction of sp³-hybridized carbons (Fsp3) is 0.821. The van der Waals surface area contributed by atoms with Gasteiger partial charge >= 0.3 is 0 Å². The van der Waals surface area contributed by atoms with E-state index in [0.717, 1.165) is 0 Å². The van der Waals surface area contributed by atoms with Gasteiger partial charge in [-0.25, -0.2) is 4.98 Å². The summed E-state index contributed by atoms with van der Waals surface area (Å²) in [4.78, 5) is 13.1. The number of halogens is 1. The van der Waals surface area contributed by atoms with Crippen LogP contribution in [0.5, 0.6) is 0 Å². The first-order valence-corrected chi connectivity index (χ1v) is 23.7. The van der Waals surface area contributed by atoms with Gasteiger partial charge in [-0.2, -0.15) is 9.97 Å². The van der Waals surface area contributed by atoms with Gasteiger partial charge in [-0.15, -0.1) is 0 Å². The molecule has 0 aliphatic carbocycles. The van der Waals surface area contributed by atoms with Crippen molar-refractivity contribution in [2.45, 2.75) is 141 Å². The normalized spacial score (nSPS) is 23.5. The first kappa shape index (κ1) is 34.6. The van der Waals surface area contributed by atoms with Crippen LogP contribution in [0.15, 0.2) is 6.33 Å². The van der Waals surface area contributed by atoms with Crippen molar-refractivity contribution < 1.29 is 18.0 Å². The minimum atomic E-state index is -2.29. The molecule has 13 heteroatoms. The lowest BCUT2D eigenvalue weighted by Gasteiger charge is -2.44. The van der Waals surface area contributed by atoms with Gasteiger partial charge in [-0.1, -0.05) is 62.3 Å². The number of nitrogen functional groups attached to an aromatic ring is 1. The second-order valence-electron chi connectivity index (χ2n) is 16.0. The quantitative estimate of drug-likeness (QED) is 0.230. The van der Waals surface area contributed by atoms with Gasteiger partial charge in [0.2, 0.25) is 5.28 Å². The molecule has 2 aromatic heterocycles. The molecule has 1 fully saturated rings. The average molecular weight is 644 g/mol. The number of nitrogens with two attached hydrogens (primary N) is 1. The number of imidazole rings is 1. The number of anilines is 1. The number of rotatable bonds is 8. The third-order valence-electron chi connectivity index (χ3n) is 9.87. The molecule has 2 N–H and O–H groups in total. The Morgan fingerprint density at radius 1 is 0.829 bits per heavy atom. The molecule has 0 saturated carbocycles. The van der Waals surface area contributed by atoms with Crippen molar-refractivity contribution in [3.8, 4) is 0 Å². The van der Waals surface area contributed by atoms with Crippen molar-refractivity contribution in [3.05, 3.63) is 11.6 Å². The molecule has 1 aliphatic rings. The van der Waals surface area contributed by atoms with Gasteiger partial charge in [0, 0.05) is 0 Å². The molecule has 0 bridgehead atoms. The Morgan fingerprint density at radius 3 is 1.80 bits per heavy atom. The van der Waals surface area contributed by atoms with E-state index in [1.165, 1.54) is 0 Å². The van der Waals surface area contributed by atoms with E-state index in [2.05, 4.69) is 117 Å². The van der Waals surface area contributed by atoms with Crippen molar-refractivity contribution in [1.29, 1.82) is 0 Å². The van der Waals surface area contributed by atoms with Crippen LogP contribution in [0.1, 0.15) is 68.5 Å². The van der Waals surface area contributed by atoms with Crippen LogP contribution in [-0.2, 0) is 18.0 Å². The highest BCUT2D eigenvalue weighted by Crippen LogP contribution is 2.47. The number of aromatic nitrogens is 4. The molecule has 1 saturated heterocycles. The van der Waals surface area contributed by atoms with Gasteiger partial charge in [0.05, 0.1) is 12.9 Å². The van der Waals surface area contributed by atoms with E-state index in [-0.39, 0.29) is 38.4 Å². The second-order valence-corrected chi connectivity index (χ2v) is 30.7. The zero-order valence-corrected chi connectivity index (χ0v) is 31.7. The van der Waals surface area contributed by atoms with E-state index < -0.39 is 37.3 Å². The van der Waals surface area contributed by atoms with E-state index in [0.29, 0.717) is 17.8 Å². The van der Waals surface area contributed by atoms with Crippen LogP contribution in [0.4, 0.5) is 5.82 Å². The fourth-order valence-corrected chi connectivity index (χ4v) is 7.76. The van der Waals surface area contributed by atoms with E-state index in [1.807, 2.05) is 4.57 Å². The van der Waals surface area contributed by atoms with Gasteiger partial charge in [0.25, 0.3) is 0 Å². The summed E-state index contributed by atoms with van der Waals surface area (Å²) in [6.07, 6.45) is -0.0104. The van der Waals surface area contributed by atoms with E-state index in [4.69, 9.17) is 35.3 Å². The molecular formula is C28H54ClN5O4Si3. The van der Waals surface area contributed by atoms with Crippen LogP contribution in [0.25, 0.3) is 11.2 Å². The lowest BCUT2D eigenvalue weighted by molar-refractivity contribution is -0.0470. The number of hydrogen-bond donors (Lipinski definition) is 1. The molecule has 41 heavy (non-hydrogen) atoms. The summed E-state index contributed by atoms with van der Waals surface area (Å²) in [6.45, 7) is 34.2. The Bertz CT molecular complexity index is 1230. The van der Waals surface area contributed by atoms with Gasteiger partial charge in [0.15, 0.2) is 42.6 Å². The number of ether oxygens (including phenoxy) is 1. The summed E-state index contributed by atoms with van der Waals surface area (Å²) in [5.74, 6) is 0.227. The zero-order valence-electron chi connectivity index (χ0n) is 28.0. The molecule has 0 unspecified atom stereocenters. The largest absolute Gasteiger partial charge is 0.414 e. The highest BCUT2D eigenvalue weighted by Gasteiger charge is 2.55. The predicted molar refractivity (Wildman–Crippen MR) is 176 cm³/mol. The molecule has 0 radical (unpaired) electrons. The first-order chi connectivity index (χ1) is 18.3. The van der Waals surface area contributed by atoms with Crippen molar-refractivity contribution >= 4 is 53.5 Å². The number of hydrogen-bond acceptors (Lipinski definition) is 8. The summed E-state index contributed by atoms with van der Waals surface area (Å²) in [5, 5.41) is 0.0862. The molecule has 4 atom stereocenters. The van der Waals surface area contributed by atoms with Crippen LogP contribution >= 0.6 is 11.6 Å². The monoisotopic (exact) mass is 643 g/mol. The minimum Gasteiger partial charge on any atom is -0.414 e. The Hall–Kier alpha value is -0.869. The van der Waals surface area contributed by atoms with Crippen LogP contribution in [0.2, 0.25) is 59.7 Å². The molecule has 234 valence electrons. The second kappa shape index (κ2) is 11.2. The Balaban J connectivity index is 2.18. The molecule has 0 amide bonds.